The van der Waals surface area contributed by atoms with E-state index >= 15 is 0 Å². The maximum atomic E-state index is 13.1. The molecule has 8 heteroatoms. The second-order valence-corrected chi connectivity index (χ2v) is 10.3. The van der Waals surface area contributed by atoms with Gasteiger partial charge in [0.2, 0.25) is 0 Å². The van der Waals surface area contributed by atoms with Crippen LogP contribution in [-0.2, 0) is 6.54 Å². The lowest BCUT2D eigenvalue weighted by Gasteiger charge is -2.17. The standard InChI is InChI=1S/C27H20N4O2S2/c1-15-11-21(16(2)23-24(15)35-22-6-4-3-5-20(22)26(33)31-23)25(32)29-13-19-14-30-27(34-19)18-9-7-17(12-28)8-10-18/h3-11,14H,13H2,1-2H3,(H,29,32)(H,31,33). The zero-order valence-corrected chi connectivity index (χ0v) is 20.6. The molecule has 172 valence electrons. The van der Waals surface area contributed by atoms with E-state index in [-0.39, 0.29) is 11.8 Å². The highest BCUT2D eigenvalue weighted by molar-refractivity contribution is 7.99. The molecule has 0 unspecified atom stereocenters. The van der Waals surface area contributed by atoms with E-state index in [2.05, 4.69) is 21.7 Å². The lowest BCUT2D eigenvalue weighted by Crippen LogP contribution is -2.24. The first-order chi connectivity index (χ1) is 16.9. The highest BCUT2D eigenvalue weighted by Crippen LogP contribution is 2.43. The predicted molar refractivity (Wildman–Crippen MR) is 138 cm³/mol. The number of nitrogens with one attached hydrogen (secondary N) is 2. The number of hydrogen-bond acceptors (Lipinski definition) is 6. The minimum Gasteiger partial charge on any atom is -0.347 e. The SMILES string of the molecule is Cc1cc(C(=O)NCc2cnc(-c3ccc(C#N)cc3)s2)c(C)c2c1Sc1ccccc1C(=O)N2. The molecule has 2 N–H and O–H groups in total. The average molecular weight is 497 g/mol. The van der Waals surface area contributed by atoms with Gasteiger partial charge in [-0.05, 0) is 55.3 Å². The number of nitrogens with zero attached hydrogens (tertiary/aromatic N) is 2. The van der Waals surface area contributed by atoms with Crippen molar-refractivity contribution < 1.29 is 9.59 Å². The van der Waals surface area contributed by atoms with E-state index in [1.165, 1.54) is 11.3 Å². The van der Waals surface area contributed by atoms with Gasteiger partial charge in [0, 0.05) is 32.0 Å². The van der Waals surface area contributed by atoms with Gasteiger partial charge < -0.3 is 10.6 Å². The van der Waals surface area contributed by atoms with Crippen LogP contribution in [0.1, 0.15) is 42.3 Å². The fraction of sp³-hybridized carbons (Fsp3) is 0.111. The van der Waals surface area contributed by atoms with Crippen molar-refractivity contribution in [1.82, 2.24) is 10.3 Å². The normalized spacial score (nSPS) is 12.1. The Hall–Kier alpha value is -3.93. The number of benzene rings is 3. The van der Waals surface area contributed by atoms with Crippen molar-refractivity contribution in [2.24, 2.45) is 0 Å². The third kappa shape index (κ3) is 4.44. The molecule has 0 radical (unpaired) electrons. The van der Waals surface area contributed by atoms with Crippen LogP contribution < -0.4 is 10.6 Å². The number of thiazole rings is 1. The van der Waals surface area contributed by atoms with E-state index < -0.39 is 0 Å². The number of amides is 2. The van der Waals surface area contributed by atoms with E-state index in [1.807, 2.05) is 56.3 Å². The van der Waals surface area contributed by atoms with Crippen molar-refractivity contribution in [3.63, 3.8) is 0 Å². The monoisotopic (exact) mass is 496 g/mol. The molecule has 0 saturated heterocycles. The number of carbonyl (C=O) groups excluding carboxylic acids is 2. The van der Waals surface area contributed by atoms with Gasteiger partial charge in [0.1, 0.15) is 5.01 Å². The van der Waals surface area contributed by atoms with E-state index in [4.69, 9.17) is 5.26 Å². The quantitative estimate of drug-likeness (QED) is 0.364. The molecule has 0 bridgehead atoms. The smallest absolute Gasteiger partial charge is 0.256 e. The molecule has 0 atom stereocenters. The number of rotatable bonds is 4. The highest BCUT2D eigenvalue weighted by atomic mass is 32.2. The molecule has 0 spiro atoms. The van der Waals surface area contributed by atoms with Crippen LogP contribution in [-0.4, -0.2) is 16.8 Å². The van der Waals surface area contributed by atoms with Crippen molar-refractivity contribution in [3.05, 3.63) is 93.5 Å². The molecule has 0 aliphatic carbocycles. The topological polar surface area (TPSA) is 94.9 Å². The second-order valence-electron chi connectivity index (χ2n) is 8.13. The number of aryl methyl sites for hydroxylation is 1. The molecule has 1 aromatic heterocycles. The zero-order chi connectivity index (χ0) is 24.5. The van der Waals surface area contributed by atoms with Crippen LogP contribution in [0.25, 0.3) is 10.6 Å². The molecule has 0 saturated carbocycles. The molecule has 3 aromatic carbocycles. The molecule has 2 heterocycles. The molecule has 5 rings (SSSR count). The molecule has 0 fully saturated rings. The van der Waals surface area contributed by atoms with Crippen molar-refractivity contribution >= 4 is 40.6 Å². The first-order valence-corrected chi connectivity index (χ1v) is 12.5. The van der Waals surface area contributed by atoms with Crippen molar-refractivity contribution in [3.8, 4) is 16.6 Å². The van der Waals surface area contributed by atoms with Gasteiger partial charge in [-0.3, -0.25) is 9.59 Å². The van der Waals surface area contributed by atoms with Gasteiger partial charge in [-0.15, -0.1) is 11.3 Å². The Bertz CT molecular complexity index is 1520. The Kier molecular flexibility index (Phi) is 6.12. The fourth-order valence-electron chi connectivity index (χ4n) is 3.92. The van der Waals surface area contributed by atoms with Crippen molar-refractivity contribution in [2.45, 2.75) is 30.2 Å². The van der Waals surface area contributed by atoms with Gasteiger partial charge in [0.05, 0.1) is 29.4 Å². The van der Waals surface area contributed by atoms with Crippen LogP contribution in [0.5, 0.6) is 0 Å². The summed E-state index contributed by atoms with van der Waals surface area (Å²) in [6.45, 7) is 4.16. The minimum atomic E-state index is -0.206. The number of fused-ring (bicyclic) bond motifs is 2. The third-order valence-electron chi connectivity index (χ3n) is 5.79. The number of aromatic nitrogens is 1. The summed E-state index contributed by atoms with van der Waals surface area (Å²) in [5.41, 5.74) is 5.03. The first-order valence-electron chi connectivity index (χ1n) is 10.9. The number of anilines is 1. The molecule has 1 aliphatic heterocycles. The molecule has 35 heavy (non-hydrogen) atoms. The Labute approximate surface area is 211 Å². The summed E-state index contributed by atoms with van der Waals surface area (Å²) >= 11 is 3.04. The number of hydrogen-bond donors (Lipinski definition) is 2. The molecule has 6 nitrogen and oxygen atoms in total. The summed E-state index contributed by atoms with van der Waals surface area (Å²) in [4.78, 5) is 33.2. The Balaban J connectivity index is 1.35. The lowest BCUT2D eigenvalue weighted by molar-refractivity contribution is 0.0949. The molecule has 2 amide bonds. The van der Waals surface area contributed by atoms with E-state index in [0.29, 0.717) is 28.9 Å². The summed E-state index contributed by atoms with van der Waals surface area (Å²) in [5, 5.41) is 15.8. The summed E-state index contributed by atoms with van der Waals surface area (Å²) in [5.74, 6) is -0.380. The van der Waals surface area contributed by atoms with E-state index in [9.17, 15) is 9.59 Å². The van der Waals surface area contributed by atoms with Gasteiger partial charge in [-0.25, -0.2) is 4.98 Å². The van der Waals surface area contributed by atoms with Crippen LogP contribution in [0.15, 0.2) is 70.6 Å². The van der Waals surface area contributed by atoms with Crippen molar-refractivity contribution in [2.75, 3.05) is 5.32 Å². The van der Waals surface area contributed by atoms with Crippen LogP contribution in [0.3, 0.4) is 0 Å². The van der Waals surface area contributed by atoms with Gasteiger partial charge in [-0.1, -0.05) is 36.0 Å². The first kappa shape index (κ1) is 22.8. The van der Waals surface area contributed by atoms with E-state index in [0.717, 1.165) is 36.4 Å². The van der Waals surface area contributed by atoms with Gasteiger partial charge in [0.25, 0.3) is 11.8 Å². The Morgan fingerprint density at radius 3 is 2.69 bits per heavy atom. The molecule has 1 aliphatic rings. The maximum absolute atomic E-state index is 13.1. The second kappa shape index (κ2) is 9.37. The Morgan fingerprint density at radius 1 is 1.14 bits per heavy atom. The van der Waals surface area contributed by atoms with Gasteiger partial charge >= 0.3 is 0 Å². The zero-order valence-electron chi connectivity index (χ0n) is 19.0. The highest BCUT2D eigenvalue weighted by Gasteiger charge is 2.25. The summed E-state index contributed by atoms with van der Waals surface area (Å²) in [6, 6.07) is 18.8. The number of carbonyl (C=O) groups is 2. The van der Waals surface area contributed by atoms with Gasteiger partial charge in [-0.2, -0.15) is 5.26 Å². The fourth-order valence-corrected chi connectivity index (χ4v) is 5.94. The summed E-state index contributed by atoms with van der Waals surface area (Å²) in [6.07, 6.45) is 1.75. The molecule has 4 aromatic rings. The van der Waals surface area contributed by atoms with E-state index in [1.54, 1.807) is 30.1 Å². The van der Waals surface area contributed by atoms with Crippen LogP contribution in [0.4, 0.5) is 5.69 Å². The largest absolute Gasteiger partial charge is 0.347 e. The van der Waals surface area contributed by atoms with Crippen LogP contribution in [0, 0.1) is 25.2 Å². The molecular weight excluding hydrogens is 476 g/mol. The lowest BCUT2D eigenvalue weighted by atomic mass is 10.0. The maximum Gasteiger partial charge on any atom is 0.256 e. The van der Waals surface area contributed by atoms with Crippen LogP contribution in [0.2, 0.25) is 0 Å². The summed E-state index contributed by atoms with van der Waals surface area (Å²) < 4.78 is 0. The average Bonchev–Trinajstić information content (AvgIpc) is 3.29. The van der Waals surface area contributed by atoms with Crippen molar-refractivity contribution in [1.29, 1.82) is 5.26 Å². The Morgan fingerprint density at radius 2 is 1.91 bits per heavy atom. The van der Waals surface area contributed by atoms with Crippen LogP contribution >= 0.6 is 23.1 Å². The summed E-state index contributed by atoms with van der Waals surface area (Å²) in [7, 11) is 0. The third-order valence-corrected chi connectivity index (χ3v) is 8.14. The minimum absolute atomic E-state index is 0.174. The number of nitriles is 1. The predicted octanol–water partition coefficient (Wildman–Crippen LogP) is 5.95. The van der Waals surface area contributed by atoms with Gasteiger partial charge in [0.15, 0.2) is 0 Å². The molecular formula is C27H20N4O2S2.